The smallest absolute Gasteiger partial charge is 0.100 e. The lowest BCUT2D eigenvalue weighted by atomic mass is 9.92. The van der Waals surface area contributed by atoms with E-state index in [0.717, 1.165) is 12.8 Å². The van der Waals surface area contributed by atoms with Gasteiger partial charge >= 0.3 is 0 Å². The molecule has 0 aromatic heterocycles. The molecule has 1 N–H and O–H groups in total. The van der Waals surface area contributed by atoms with Gasteiger partial charge in [0.25, 0.3) is 0 Å². The predicted octanol–water partition coefficient (Wildman–Crippen LogP) is 2.69. The standard InChI is InChI=1S/C8H18O2/c1-5-8(4,10-9)6-7(2)3/h7,9H,5-6H2,1-4H3. The second-order valence-corrected chi connectivity index (χ2v) is 3.49. The van der Waals surface area contributed by atoms with Crippen molar-refractivity contribution in [2.75, 3.05) is 0 Å². The van der Waals surface area contributed by atoms with E-state index in [1.807, 2.05) is 13.8 Å². The molecule has 0 radical (unpaired) electrons. The second kappa shape index (κ2) is 3.94. The maximum atomic E-state index is 8.53. The zero-order valence-electron chi connectivity index (χ0n) is 7.35. The summed E-state index contributed by atoms with van der Waals surface area (Å²) in [6.45, 7) is 8.17. The van der Waals surface area contributed by atoms with Crippen LogP contribution < -0.4 is 0 Å². The van der Waals surface area contributed by atoms with Gasteiger partial charge in [0.05, 0.1) is 0 Å². The molecule has 0 aliphatic heterocycles. The molecule has 10 heavy (non-hydrogen) atoms. The summed E-state index contributed by atoms with van der Waals surface area (Å²) >= 11 is 0. The van der Waals surface area contributed by atoms with Gasteiger partial charge in [0.1, 0.15) is 5.60 Å². The maximum absolute atomic E-state index is 8.53. The van der Waals surface area contributed by atoms with E-state index in [1.165, 1.54) is 0 Å². The lowest BCUT2D eigenvalue weighted by molar-refractivity contribution is -0.322. The molecule has 0 saturated carbocycles. The molecule has 2 heteroatoms. The molecular formula is C8H18O2. The highest BCUT2D eigenvalue weighted by Gasteiger charge is 2.23. The van der Waals surface area contributed by atoms with Crippen molar-refractivity contribution in [2.24, 2.45) is 5.92 Å². The molecule has 0 rings (SSSR count). The molecule has 0 aromatic rings. The van der Waals surface area contributed by atoms with E-state index in [9.17, 15) is 0 Å². The van der Waals surface area contributed by atoms with Gasteiger partial charge in [-0.05, 0) is 25.7 Å². The molecule has 0 aromatic carbocycles. The number of hydrogen-bond donors (Lipinski definition) is 1. The van der Waals surface area contributed by atoms with E-state index in [4.69, 9.17) is 5.26 Å². The van der Waals surface area contributed by atoms with Crippen LogP contribution in [0.15, 0.2) is 0 Å². The van der Waals surface area contributed by atoms with Crippen LogP contribution in [0, 0.1) is 5.92 Å². The molecule has 1 atom stereocenters. The fraction of sp³-hybridized carbons (Fsp3) is 1.00. The fourth-order valence-corrected chi connectivity index (χ4v) is 1.11. The molecule has 62 valence electrons. The van der Waals surface area contributed by atoms with E-state index in [2.05, 4.69) is 18.7 Å². The van der Waals surface area contributed by atoms with Crippen molar-refractivity contribution in [3.05, 3.63) is 0 Å². The first-order valence-electron chi connectivity index (χ1n) is 3.86. The molecule has 0 heterocycles. The molecule has 0 bridgehead atoms. The van der Waals surface area contributed by atoms with E-state index in [1.54, 1.807) is 0 Å². The van der Waals surface area contributed by atoms with Gasteiger partial charge in [-0.1, -0.05) is 20.8 Å². The average Bonchev–Trinajstić information content (AvgIpc) is 1.87. The molecular weight excluding hydrogens is 128 g/mol. The Kier molecular flexibility index (Phi) is 3.91. The van der Waals surface area contributed by atoms with Gasteiger partial charge < -0.3 is 0 Å². The van der Waals surface area contributed by atoms with Crippen LogP contribution in [0.1, 0.15) is 40.5 Å². The van der Waals surface area contributed by atoms with Gasteiger partial charge in [-0.2, -0.15) is 0 Å². The summed E-state index contributed by atoms with van der Waals surface area (Å²) in [7, 11) is 0. The van der Waals surface area contributed by atoms with Crippen molar-refractivity contribution in [1.29, 1.82) is 0 Å². The molecule has 1 unspecified atom stereocenters. The molecule has 0 saturated heterocycles. The zero-order chi connectivity index (χ0) is 8.20. The Morgan fingerprint density at radius 1 is 1.50 bits per heavy atom. The molecule has 0 fully saturated rings. The van der Waals surface area contributed by atoms with Crippen LogP contribution in [0.5, 0.6) is 0 Å². The van der Waals surface area contributed by atoms with Crippen LogP contribution in [-0.2, 0) is 4.89 Å². The third-order valence-corrected chi connectivity index (χ3v) is 1.81. The number of hydrogen-bond acceptors (Lipinski definition) is 2. The van der Waals surface area contributed by atoms with E-state index in [0.29, 0.717) is 5.92 Å². The summed E-state index contributed by atoms with van der Waals surface area (Å²) < 4.78 is 0. The lowest BCUT2D eigenvalue weighted by Gasteiger charge is -2.25. The average molecular weight is 146 g/mol. The van der Waals surface area contributed by atoms with Crippen molar-refractivity contribution in [1.82, 2.24) is 0 Å². The minimum Gasteiger partial charge on any atom is -0.251 e. The predicted molar refractivity (Wildman–Crippen MR) is 41.9 cm³/mol. The van der Waals surface area contributed by atoms with Crippen molar-refractivity contribution in [2.45, 2.75) is 46.1 Å². The fourth-order valence-electron chi connectivity index (χ4n) is 1.11. The van der Waals surface area contributed by atoms with Crippen molar-refractivity contribution in [3.63, 3.8) is 0 Å². The van der Waals surface area contributed by atoms with Gasteiger partial charge in [-0.25, -0.2) is 4.89 Å². The first-order valence-corrected chi connectivity index (χ1v) is 3.86. The van der Waals surface area contributed by atoms with E-state index in [-0.39, 0.29) is 5.60 Å². The van der Waals surface area contributed by atoms with Crippen LogP contribution in [0.2, 0.25) is 0 Å². The minimum atomic E-state index is -0.339. The third-order valence-electron chi connectivity index (χ3n) is 1.81. The molecule has 2 nitrogen and oxygen atoms in total. The van der Waals surface area contributed by atoms with Crippen LogP contribution in [-0.4, -0.2) is 10.9 Å². The molecule has 0 aliphatic carbocycles. The van der Waals surface area contributed by atoms with Gasteiger partial charge in [0, 0.05) is 0 Å². The highest BCUT2D eigenvalue weighted by atomic mass is 17.1. The van der Waals surface area contributed by atoms with Crippen LogP contribution in [0.25, 0.3) is 0 Å². The van der Waals surface area contributed by atoms with Crippen LogP contribution >= 0.6 is 0 Å². The Hall–Kier alpha value is -0.0800. The molecule has 0 spiro atoms. The summed E-state index contributed by atoms with van der Waals surface area (Å²) in [4.78, 5) is 4.40. The summed E-state index contributed by atoms with van der Waals surface area (Å²) in [5.74, 6) is 0.567. The van der Waals surface area contributed by atoms with Crippen molar-refractivity contribution in [3.8, 4) is 0 Å². The first kappa shape index (κ1) is 9.92. The zero-order valence-corrected chi connectivity index (χ0v) is 7.35. The van der Waals surface area contributed by atoms with Gasteiger partial charge in [0.2, 0.25) is 0 Å². The van der Waals surface area contributed by atoms with Gasteiger partial charge in [-0.3, -0.25) is 5.26 Å². The maximum Gasteiger partial charge on any atom is 0.100 e. The summed E-state index contributed by atoms with van der Waals surface area (Å²) in [5, 5.41) is 8.53. The highest BCUT2D eigenvalue weighted by Crippen LogP contribution is 2.22. The second-order valence-electron chi connectivity index (χ2n) is 3.49. The lowest BCUT2D eigenvalue weighted by Crippen LogP contribution is -2.28. The number of rotatable bonds is 4. The van der Waals surface area contributed by atoms with Gasteiger partial charge in [-0.15, -0.1) is 0 Å². The molecule has 0 aliphatic rings. The quantitative estimate of drug-likeness (QED) is 0.488. The SMILES string of the molecule is CCC(C)(CC(C)C)OO. The van der Waals surface area contributed by atoms with E-state index >= 15 is 0 Å². The normalized spacial score (nSPS) is 17.4. The Morgan fingerprint density at radius 3 is 2.10 bits per heavy atom. The van der Waals surface area contributed by atoms with Crippen LogP contribution in [0.3, 0.4) is 0 Å². The molecule has 0 amide bonds. The Morgan fingerprint density at radius 2 is 2.00 bits per heavy atom. The summed E-state index contributed by atoms with van der Waals surface area (Å²) in [6, 6.07) is 0. The van der Waals surface area contributed by atoms with Crippen molar-refractivity contribution < 1.29 is 10.1 Å². The van der Waals surface area contributed by atoms with Gasteiger partial charge in [0.15, 0.2) is 0 Å². The highest BCUT2D eigenvalue weighted by molar-refractivity contribution is 4.72. The third kappa shape index (κ3) is 3.18. The Bertz CT molecular complexity index is 85.3. The largest absolute Gasteiger partial charge is 0.251 e. The topological polar surface area (TPSA) is 29.5 Å². The minimum absolute atomic E-state index is 0.339. The monoisotopic (exact) mass is 146 g/mol. The van der Waals surface area contributed by atoms with Crippen molar-refractivity contribution >= 4 is 0 Å². The Labute approximate surface area is 63.1 Å². The summed E-state index contributed by atoms with van der Waals surface area (Å²) in [5.41, 5.74) is -0.339. The Balaban J connectivity index is 3.80. The van der Waals surface area contributed by atoms with Crippen LogP contribution in [0.4, 0.5) is 0 Å². The summed E-state index contributed by atoms with van der Waals surface area (Å²) in [6.07, 6.45) is 1.75. The first-order chi connectivity index (χ1) is 4.54. The van der Waals surface area contributed by atoms with E-state index < -0.39 is 0 Å².